The van der Waals surface area contributed by atoms with E-state index in [2.05, 4.69) is 0 Å². The van der Waals surface area contributed by atoms with Crippen LogP contribution in [0.2, 0.25) is 0 Å². The lowest BCUT2D eigenvalue weighted by Crippen LogP contribution is -2.72. The molecular formula is C13H20N4O5. The standard InChI is InChI=1S/C13H20N4O5/c1-5-16-11(20)10(14)9(8(2)19)13(6-7-18,12(21)22)17(16)15(3)4/h7H,5-6,14H2,1-4H3,(H,21,22). The van der Waals surface area contributed by atoms with E-state index in [0.29, 0.717) is 6.29 Å². The van der Waals surface area contributed by atoms with Gasteiger partial charge >= 0.3 is 5.97 Å². The molecule has 1 aliphatic heterocycles. The molecule has 0 saturated heterocycles. The number of hydrogen-bond donors (Lipinski definition) is 2. The number of carboxylic acids is 1. The van der Waals surface area contributed by atoms with Gasteiger partial charge in [0.2, 0.25) is 0 Å². The van der Waals surface area contributed by atoms with Gasteiger partial charge in [0, 0.05) is 27.1 Å². The van der Waals surface area contributed by atoms with Gasteiger partial charge < -0.3 is 15.6 Å². The zero-order chi connectivity index (χ0) is 17.2. The number of likely N-dealkylation sites (N-methyl/N-ethyl adjacent to an activating group) is 1. The first-order chi connectivity index (χ1) is 10.2. The van der Waals surface area contributed by atoms with Crippen molar-refractivity contribution in [3.63, 3.8) is 0 Å². The summed E-state index contributed by atoms with van der Waals surface area (Å²) in [4.78, 5) is 47.4. The van der Waals surface area contributed by atoms with E-state index in [0.717, 1.165) is 17.1 Å². The Morgan fingerprint density at radius 1 is 1.41 bits per heavy atom. The molecule has 0 fully saturated rings. The number of amides is 1. The van der Waals surface area contributed by atoms with Crippen LogP contribution in [0.15, 0.2) is 11.3 Å². The molecule has 122 valence electrons. The fourth-order valence-electron chi connectivity index (χ4n) is 2.76. The van der Waals surface area contributed by atoms with Crippen LogP contribution in [0.25, 0.3) is 0 Å². The van der Waals surface area contributed by atoms with Crippen molar-refractivity contribution in [1.29, 1.82) is 0 Å². The second kappa shape index (κ2) is 6.24. The zero-order valence-electron chi connectivity index (χ0n) is 13.0. The van der Waals surface area contributed by atoms with Crippen molar-refractivity contribution >= 4 is 23.9 Å². The molecule has 1 heterocycles. The molecule has 1 atom stereocenters. The number of Topliss-reactive ketones (excluding diaryl/α,β-unsaturated/α-hetero) is 1. The number of nitrogens with two attached hydrogens (primary N) is 1. The topological polar surface area (TPSA) is 124 Å². The van der Waals surface area contributed by atoms with E-state index >= 15 is 0 Å². The molecular weight excluding hydrogens is 292 g/mol. The summed E-state index contributed by atoms with van der Waals surface area (Å²) in [7, 11) is 3.02. The van der Waals surface area contributed by atoms with Crippen LogP contribution in [0.4, 0.5) is 0 Å². The summed E-state index contributed by atoms with van der Waals surface area (Å²) in [5, 5.41) is 13.3. The third-order valence-electron chi connectivity index (χ3n) is 3.48. The van der Waals surface area contributed by atoms with Crippen LogP contribution in [-0.4, -0.2) is 70.4 Å². The first kappa shape index (κ1) is 17.8. The Labute approximate surface area is 127 Å². The van der Waals surface area contributed by atoms with Gasteiger partial charge in [-0.3, -0.25) is 14.6 Å². The fraction of sp³-hybridized carbons (Fsp3) is 0.538. The summed E-state index contributed by atoms with van der Waals surface area (Å²) in [6, 6.07) is 0. The minimum atomic E-state index is -2.05. The van der Waals surface area contributed by atoms with Crippen molar-refractivity contribution in [3.05, 3.63) is 11.3 Å². The minimum Gasteiger partial charge on any atom is -0.480 e. The van der Waals surface area contributed by atoms with E-state index in [1.54, 1.807) is 6.92 Å². The summed E-state index contributed by atoms with van der Waals surface area (Å²) < 4.78 is 0. The van der Waals surface area contributed by atoms with Crippen LogP contribution >= 0.6 is 0 Å². The molecule has 9 heteroatoms. The molecule has 1 unspecified atom stereocenters. The SMILES string of the molecule is CCN1C(=O)C(N)=C(C(C)=O)C(CC=O)(C(=O)O)N1N(C)C. The van der Waals surface area contributed by atoms with Crippen molar-refractivity contribution in [2.24, 2.45) is 5.73 Å². The average molecular weight is 312 g/mol. The highest BCUT2D eigenvalue weighted by atomic mass is 16.4. The van der Waals surface area contributed by atoms with Gasteiger partial charge in [-0.05, 0) is 13.8 Å². The molecule has 9 nitrogen and oxygen atoms in total. The Morgan fingerprint density at radius 3 is 2.27 bits per heavy atom. The van der Waals surface area contributed by atoms with Gasteiger partial charge in [0.05, 0.1) is 5.57 Å². The van der Waals surface area contributed by atoms with Crippen molar-refractivity contribution in [2.45, 2.75) is 25.8 Å². The Morgan fingerprint density at radius 2 is 1.95 bits per heavy atom. The van der Waals surface area contributed by atoms with Gasteiger partial charge in [-0.2, -0.15) is 0 Å². The molecule has 0 aromatic heterocycles. The lowest BCUT2D eigenvalue weighted by Gasteiger charge is -2.51. The number of carbonyl (C=O) groups is 4. The van der Waals surface area contributed by atoms with E-state index in [9.17, 15) is 24.3 Å². The normalized spacial score (nSPS) is 23.1. The number of nitrogens with zero attached hydrogens (tertiary/aromatic N) is 3. The smallest absolute Gasteiger partial charge is 0.332 e. The van der Waals surface area contributed by atoms with Crippen LogP contribution in [0, 0.1) is 0 Å². The number of aldehydes is 1. The van der Waals surface area contributed by atoms with Crippen molar-refractivity contribution in [3.8, 4) is 0 Å². The highest BCUT2D eigenvalue weighted by molar-refractivity contribution is 6.12. The largest absolute Gasteiger partial charge is 0.480 e. The van der Waals surface area contributed by atoms with E-state index in [-0.39, 0.29) is 12.1 Å². The van der Waals surface area contributed by atoms with Crippen LogP contribution < -0.4 is 5.73 Å². The van der Waals surface area contributed by atoms with Crippen LogP contribution in [0.3, 0.4) is 0 Å². The molecule has 0 aromatic carbocycles. The number of hydrogen-bond acceptors (Lipinski definition) is 7. The summed E-state index contributed by atoms with van der Waals surface area (Å²) >= 11 is 0. The molecule has 0 radical (unpaired) electrons. The number of ketones is 1. The monoisotopic (exact) mass is 312 g/mol. The Balaban J connectivity index is 3.86. The number of carbonyl (C=O) groups excluding carboxylic acids is 3. The quantitative estimate of drug-likeness (QED) is 0.583. The molecule has 22 heavy (non-hydrogen) atoms. The van der Waals surface area contributed by atoms with E-state index in [1.807, 2.05) is 0 Å². The van der Waals surface area contributed by atoms with E-state index < -0.39 is 35.3 Å². The van der Waals surface area contributed by atoms with Crippen molar-refractivity contribution < 1.29 is 24.3 Å². The number of aliphatic carboxylic acids is 1. The van der Waals surface area contributed by atoms with Gasteiger partial charge in [-0.15, -0.1) is 5.12 Å². The predicted octanol–water partition coefficient (Wildman–Crippen LogP) is -1.24. The Kier molecular flexibility index (Phi) is 5.05. The second-order valence-corrected chi connectivity index (χ2v) is 5.04. The molecule has 0 spiro atoms. The molecule has 0 saturated carbocycles. The fourth-order valence-corrected chi connectivity index (χ4v) is 2.76. The first-order valence-electron chi connectivity index (χ1n) is 6.64. The van der Waals surface area contributed by atoms with Crippen LogP contribution in [-0.2, 0) is 19.2 Å². The molecule has 1 aliphatic rings. The highest BCUT2D eigenvalue weighted by Gasteiger charge is 2.58. The van der Waals surface area contributed by atoms with Gasteiger partial charge in [-0.25, -0.2) is 9.80 Å². The maximum Gasteiger partial charge on any atom is 0.332 e. The van der Waals surface area contributed by atoms with Crippen LogP contribution in [0.1, 0.15) is 20.3 Å². The van der Waals surface area contributed by atoms with Gasteiger partial charge in [0.15, 0.2) is 11.3 Å². The number of carboxylic acid groups (broad SMARTS) is 1. The molecule has 3 N–H and O–H groups in total. The summed E-state index contributed by atoms with van der Waals surface area (Å²) in [6.07, 6.45) is -0.135. The molecule has 1 amide bonds. The maximum atomic E-state index is 12.3. The van der Waals surface area contributed by atoms with Crippen LogP contribution in [0.5, 0.6) is 0 Å². The molecule has 0 bridgehead atoms. The minimum absolute atomic E-state index is 0.122. The lowest BCUT2D eigenvalue weighted by molar-refractivity contribution is -0.227. The van der Waals surface area contributed by atoms with Crippen molar-refractivity contribution in [1.82, 2.24) is 15.1 Å². The number of rotatable bonds is 6. The highest BCUT2D eigenvalue weighted by Crippen LogP contribution is 2.37. The van der Waals surface area contributed by atoms with E-state index in [1.165, 1.54) is 19.1 Å². The molecule has 0 aromatic rings. The molecule has 0 aliphatic carbocycles. The van der Waals surface area contributed by atoms with E-state index in [4.69, 9.17) is 5.73 Å². The number of hydrazine groups is 2. The average Bonchev–Trinajstić information content (AvgIpc) is 2.41. The summed E-state index contributed by atoms with van der Waals surface area (Å²) in [6.45, 7) is 2.87. The van der Waals surface area contributed by atoms with Gasteiger partial charge in [-0.1, -0.05) is 0 Å². The third kappa shape index (κ3) is 2.38. The lowest BCUT2D eigenvalue weighted by atomic mass is 9.81. The third-order valence-corrected chi connectivity index (χ3v) is 3.48. The Bertz CT molecular complexity index is 557. The first-order valence-corrected chi connectivity index (χ1v) is 6.64. The molecule has 1 rings (SSSR count). The summed E-state index contributed by atoms with van der Waals surface area (Å²) in [5.41, 5.74) is 2.86. The predicted molar refractivity (Wildman–Crippen MR) is 75.9 cm³/mol. The van der Waals surface area contributed by atoms with Gasteiger partial charge in [0.25, 0.3) is 5.91 Å². The maximum absolute atomic E-state index is 12.3. The van der Waals surface area contributed by atoms with Gasteiger partial charge in [0.1, 0.15) is 12.0 Å². The van der Waals surface area contributed by atoms with Crippen molar-refractivity contribution in [2.75, 3.05) is 20.6 Å². The summed E-state index contributed by atoms with van der Waals surface area (Å²) in [5.74, 6) is -2.78. The zero-order valence-corrected chi connectivity index (χ0v) is 13.0. The Hall–Kier alpha value is -2.26. The second-order valence-electron chi connectivity index (χ2n) is 5.04.